The largest absolute Gasteiger partial charge is 0.359 e. The van der Waals surface area contributed by atoms with Gasteiger partial charge in [-0.1, -0.05) is 29.8 Å². The van der Waals surface area contributed by atoms with Gasteiger partial charge < -0.3 is 9.80 Å². The molecule has 0 bridgehead atoms. The molecule has 0 amide bonds. The predicted molar refractivity (Wildman–Crippen MR) is 95.5 cm³/mol. The molecule has 1 aliphatic rings. The van der Waals surface area contributed by atoms with Crippen LogP contribution in [0.25, 0.3) is 10.7 Å². The number of hydrogen-bond donors (Lipinski definition) is 1. The zero-order chi connectivity index (χ0) is 16.4. The Hall–Kier alpha value is -1.96. The lowest BCUT2D eigenvalue weighted by molar-refractivity contribution is -0.924. The number of hydrogen-bond acceptors (Lipinski definition) is 5. The topological polar surface area (TPSA) is 51.3 Å². The molecule has 3 aromatic rings. The maximum atomic E-state index is 6.30. The number of thiophene rings is 1. The summed E-state index contributed by atoms with van der Waals surface area (Å²) in [5, 5.41) is 15.7. The van der Waals surface area contributed by atoms with E-state index in [0.717, 1.165) is 48.4 Å². The van der Waals surface area contributed by atoms with Crippen LogP contribution in [0.5, 0.6) is 0 Å². The number of tetrazole rings is 1. The van der Waals surface area contributed by atoms with E-state index in [0.29, 0.717) is 5.82 Å². The fourth-order valence-corrected chi connectivity index (χ4v) is 3.85. The molecule has 0 aliphatic carbocycles. The van der Waals surface area contributed by atoms with Gasteiger partial charge in [-0.25, -0.2) is 0 Å². The third-order valence-corrected chi connectivity index (χ3v) is 5.41. The van der Waals surface area contributed by atoms with Gasteiger partial charge in [0.15, 0.2) is 6.67 Å². The van der Waals surface area contributed by atoms with Crippen LogP contribution in [0.3, 0.4) is 0 Å². The first kappa shape index (κ1) is 15.6. The van der Waals surface area contributed by atoms with E-state index in [1.807, 2.05) is 35.7 Å². The molecular weight excluding hydrogens is 344 g/mol. The van der Waals surface area contributed by atoms with Gasteiger partial charge in [0.25, 0.3) is 0 Å². The van der Waals surface area contributed by atoms with Crippen molar-refractivity contribution >= 4 is 28.6 Å². The number of piperazine rings is 1. The van der Waals surface area contributed by atoms with Crippen molar-refractivity contribution in [1.82, 2.24) is 20.2 Å². The number of rotatable bonds is 4. The van der Waals surface area contributed by atoms with E-state index in [-0.39, 0.29) is 0 Å². The van der Waals surface area contributed by atoms with E-state index < -0.39 is 0 Å². The molecule has 0 spiro atoms. The van der Waals surface area contributed by atoms with E-state index in [4.69, 9.17) is 11.6 Å². The summed E-state index contributed by atoms with van der Waals surface area (Å²) in [5.41, 5.74) is 1.12. The Morgan fingerprint density at radius 3 is 2.71 bits per heavy atom. The number of halogens is 1. The molecule has 24 heavy (non-hydrogen) atoms. The minimum absolute atomic E-state index is 0.708. The molecular formula is C16H18ClN6S+. The number of anilines is 1. The Kier molecular flexibility index (Phi) is 4.46. The Labute approximate surface area is 149 Å². The van der Waals surface area contributed by atoms with Crippen LogP contribution in [0.15, 0.2) is 41.8 Å². The molecule has 1 N–H and O–H groups in total. The van der Waals surface area contributed by atoms with Crippen LogP contribution in [0.1, 0.15) is 0 Å². The smallest absolute Gasteiger partial charge is 0.215 e. The van der Waals surface area contributed by atoms with Gasteiger partial charge in [-0.3, -0.25) is 0 Å². The maximum absolute atomic E-state index is 6.30. The molecule has 4 rings (SSSR count). The quantitative estimate of drug-likeness (QED) is 0.763. The molecule has 1 fully saturated rings. The molecule has 1 aliphatic heterocycles. The molecule has 0 radical (unpaired) electrons. The molecule has 3 heterocycles. The Morgan fingerprint density at radius 1 is 1.12 bits per heavy atom. The minimum Gasteiger partial charge on any atom is -0.359 e. The average Bonchev–Trinajstić information content (AvgIpc) is 3.27. The van der Waals surface area contributed by atoms with Gasteiger partial charge in [0.1, 0.15) is 0 Å². The van der Waals surface area contributed by atoms with Crippen molar-refractivity contribution in [2.75, 3.05) is 31.1 Å². The summed E-state index contributed by atoms with van der Waals surface area (Å²) < 4.78 is 0. The van der Waals surface area contributed by atoms with Crippen molar-refractivity contribution in [2.24, 2.45) is 0 Å². The third kappa shape index (κ3) is 3.28. The lowest BCUT2D eigenvalue weighted by atomic mass is 10.2. The number of nitrogens with one attached hydrogen (secondary N) is 1. The molecule has 0 unspecified atom stereocenters. The molecule has 124 valence electrons. The van der Waals surface area contributed by atoms with Crippen molar-refractivity contribution in [3.05, 3.63) is 46.8 Å². The highest BCUT2D eigenvalue weighted by Gasteiger charge is 2.22. The first-order valence-electron chi connectivity index (χ1n) is 7.94. The molecule has 1 saturated heterocycles. The molecule has 6 nitrogen and oxygen atoms in total. The fraction of sp³-hybridized carbons (Fsp3) is 0.312. The highest BCUT2D eigenvalue weighted by Crippen LogP contribution is 2.24. The summed E-state index contributed by atoms with van der Waals surface area (Å²) in [7, 11) is 0. The van der Waals surface area contributed by atoms with E-state index in [9.17, 15) is 0 Å². The van der Waals surface area contributed by atoms with Gasteiger partial charge in [-0.15, -0.1) is 26.3 Å². The normalized spacial score (nSPS) is 15.8. The summed E-state index contributed by atoms with van der Waals surface area (Å²) in [4.78, 5) is 6.56. The lowest BCUT2D eigenvalue weighted by Gasteiger charge is -2.33. The zero-order valence-electron chi connectivity index (χ0n) is 13.1. The van der Waals surface area contributed by atoms with Crippen molar-refractivity contribution in [3.8, 4) is 10.7 Å². The van der Waals surface area contributed by atoms with Crippen LogP contribution in [0.4, 0.5) is 5.69 Å². The standard InChI is InChI=1S/C16H17ClN6S/c17-13-4-1-2-5-14(13)22-9-7-21(8-10-22)12-23-19-16(18-20-23)15-6-3-11-24-15/h1-6,11H,7-10,12H2/p+1. The van der Waals surface area contributed by atoms with Crippen molar-refractivity contribution in [2.45, 2.75) is 6.67 Å². The molecule has 2 aromatic heterocycles. The average molecular weight is 362 g/mol. The molecule has 1 aromatic carbocycles. The lowest BCUT2D eigenvalue weighted by Crippen LogP contribution is -3.14. The van der Waals surface area contributed by atoms with Gasteiger partial charge in [0.05, 0.1) is 41.8 Å². The number of benzene rings is 1. The Morgan fingerprint density at radius 2 is 1.96 bits per heavy atom. The fourth-order valence-electron chi connectivity index (χ4n) is 2.94. The summed E-state index contributed by atoms with van der Waals surface area (Å²) in [6.45, 7) is 4.76. The van der Waals surface area contributed by atoms with E-state index in [1.165, 1.54) is 4.90 Å². The third-order valence-electron chi connectivity index (χ3n) is 4.22. The maximum Gasteiger partial charge on any atom is 0.215 e. The monoisotopic (exact) mass is 361 g/mol. The summed E-state index contributed by atoms with van der Waals surface area (Å²) in [5.74, 6) is 0.708. The molecule has 0 saturated carbocycles. The van der Waals surface area contributed by atoms with Crippen LogP contribution < -0.4 is 9.80 Å². The van der Waals surface area contributed by atoms with E-state index >= 15 is 0 Å². The van der Waals surface area contributed by atoms with Gasteiger partial charge in [-0.05, 0) is 28.8 Å². The van der Waals surface area contributed by atoms with Crippen molar-refractivity contribution < 1.29 is 4.90 Å². The first-order chi connectivity index (χ1) is 11.8. The van der Waals surface area contributed by atoms with Crippen LogP contribution in [-0.2, 0) is 6.67 Å². The predicted octanol–water partition coefficient (Wildman–Crippen LogP) is 1.42. The first-order valence-corrected chi connectivity index (χ1v) is 9.20. The summed E-state index contributed by atoms with van der Waals surface area (Å²) >= 11 is 7.93. The van der Waals surface area contributed by atoms with E-state index in [1.54, 1.807) is 16.1 Å². The van der Waals surface area contributed by atoms with Crippen LogP contribution in [-0.4, -0.2) is 46.4 Å². The second-order valence-corrected chi connectivity index (χ2v) is 7.16. The van der Waals surface area contributed by atoms with Crippen LogP contribution in [0.2, 0.25) is 5.02 Å². The van der Waals surface area contributed by atoms with Gasteiger partial charge >= 0.3 is 0 Å². The highest BCUT2D eigenvalue weighted by atomic mass is 35.5. The zero-order valence-corrected chi connectivity index (χ0v) is 14.7. The Bertz CT molecular complexity index is 795. The number of quaternary nitrogens is 1. The van der Waals surface area contributed by atoms with Crippen molar-refractivity contribution in [3.63, 3.8) is 0 Å². The number of aromatic nitrogens is 4. The van der Waals surface area contributed by atoms with Gasteiger partial charge in [0, 0.05) is 0 Å². The molecule has 8 heteroatoms. The Balaban J connectivity index is 1.36. The highest BCUT2D eigenvalue weighted by molar-refractivity contribution is 7.13. The second kappa shape index (κ2) is 6.88. The summed E-state index contributed by atoms with van der Waals surface area (Å²) in [6, 6.07) is 12.0. The van der Waals surface area contributed by atoms with E-state index in [2.05, 4.69) is 26.4 Å². The number of para-hydroxylation sites is 1. The van der Waals surface area contributed by atoms with Gasteiger partial charge in [-0.2, -0.15) is 0 Å². The van der Waals surface area contributed by atoms with Crippen LogP contribution in [0, 0.1) is 0 Å². The SMILES string of the molecule is Clc1ccccc1N1CC[NH+](Cn2nnc(-c3cccs3)n2)CC1. The van der Waals surface area contributed by atoms with Crippen LogP contribution >= 0.6 is 22.9 Å². The number of nitrogens with zero attached hydrogens (tertiary/aromatic N) is 5. The van der Waals surface area contributed by atoms with Crippen molar-refractivity contribution in [1.29, 1.82) is 0 Å². The summed E-state index contributed by atoms with van der Waals surface area (Å²) in [6.07, 6.45) is 0. The second-order valence-electron chi connectivity index (χ2n) is 5.81. The van der Waals surface area contributed by atoms with Gasteiger partial charge in [0.2, 0.25) is 5.82 Å². The molecule has 0 atom stereocenters. The minimum atomic E-state index is 0.708.